The van der Waals surface area contributed by atoms with Gasteiger partial charge in [-0.2, -0.15) is 4.98 Å². The van der Waals surface area contributed by atoms with E-state index in [2.05, 4.69) is 26.2 Å². The van der Waals surface area contributed by atoms with Crippen molar-refractivity contribution in [3.8, 4) is 0 Å². The van der Waals surface area contributed by atoms with E-state index in [9.17, 15) is 8.78 Å². The summed E-state index contributed by atoms with van der Waals surface area (Å²) >= 11 is 2.99. The number of anilines is 3. The molecule has 1 heterocycles. The molecule has 7 heteroatoms. The molecule has 3 aromatic rings. The van der Waals surface area contributed by atoms with Crippen LogP contribution in [-0.2, 0) is 0 Å². The molecular formula is C13H8BrF2N3O. The molecule has 3 N–H and O–H groups in total. The van der Waals surface area contributed by atoms with Crippen LogP contribution < -0.4 is 11.1 Å². The molecular weight excluding hydrogens is 332 g/mol. The van der Waals surface area contributed by atoms with E-state index < -0.39 is 11.6 Å². The van der Waals surface area contributed by atoms with Gasteiger partial charge in [-0.25, -0.2) is 8.78 Å². The lowest BCUT2D eigenvalue weighted by atomic mass is 10.3. The lowest BCUT2D eigenvalue weighted by Crippen LogP contribution is -1.95. The summed E-state index contributed by atoms with van der Waals surface area (Å²) in [6.45, 7) is 0. The minimum absolute atomic E-state index is 0.0535. The van der Waals surface area contributed by atoms with Crippen molar-refractivity contribution < 1.29 is 13.2 Å². The zero-order valence-corrected chi connectivity index (χ0v) is 11.5. The highest BCUT2D eigenvalue weighted by Gasteiger charge is 2.12. The van der Waals surface area contributed by atoms with Crippen molar-refractivity contribution in [3.63, 3.8) is 0 Å². The Kier molecular flexibility index (Phi) is 3.06. The number of nitrogen functional groups attached to an aromatic ring is 1. The molecule has 0 bridgehead atoms. The Balaban J connectivity index is 1.99. The SMILES string of the molecule is Nc1ccc2nc(Nc3cc(Br)c(F)cc3F)oc2c1. The van der Waals surface area contributed by atoms with Gasteiger partial charge in [-0.3, -0.25) is 0 Å². The quantitative estimate of drug-likeness (QED) is 0.542. The van der Waals surface area contributed by atoms with E-state index in [0.29, 0.717) is 16.8 Å². The second kappa shape index (κ2) is 4.75. The van der Waals surface area contributed by atoms with Crippen molar-refractivity contribution in [2.24, 2.45) is 0 Å². The molecule has 4 nitrogen and oxygen atoms in total. The predicted molar refractivity (Wildman–Crippen MR) is 75.8 cm³/mol. The van der Waals surface area contributed by atoms with E-state index in [-0.39, 0.29) is 16.2 Å². The van der Waals surface area contributed by atoms with Crippen LogP contribution in [0.2, 0.25) is 0 Å². The van der Waals surface area contributed by atoms with E-state index in [1.807, 2.05) is 0 Å². The summed E-state index contributed by atoms with van der Waals surface area (Å²) in [4.78, 5) is 4.13. The second-order valence-corrected chi connectivity index (χ2v) is 4.97. The van der Waals surface area contributed by atoms with Crippen molar-refractivity contribution in [1.82, 2.24) is 4.98 Å². The fourth-order valence-electron chi connectivity index (χ4n) is 1.73. The van der Waals surface area contributed by atoms with Crippen molar-refractivity contribution in [1.29, 1.82) is 0 Å². The number of nitrogens with one attached hydrogen (secondary N) is 1. The van der Waals surface area contributed by atoms with Gasteiger partial charge in [-0.05, 0) is 34.1 Å². The summed E-state index contributed by atoms with van der Waals surface area (Å²) < 4.78 is 32.3. The van der Waals surface area contributed by atoms with Crippen LogP contribution in [0.1, 0.15) is 0 Å². The van der Waals surface area contributed by atoms with Gasteiger partial charge in [-0.15, -0.1) is 0 Å². The van der Waals surface area contributed by atoms with E-state index in [1.54, 1.807) is 18.2 Å². The van der Waals surface area contributed by atoms with Gasteiger partial charge in [0.15, 0.2) is 5.58 Å². The molecule has 0 radical (unpaired) electrons. The molecule has 102 valence electrons. The highest BCUT2D eigenvalue weighted by Crippen LogP contribution is 2.28. The smallest absolute Gasteiger partial charge is 0.300 e. The maximum atomic E-state index is 13.6. The lowest BCUT2D eigenvalue weighted by Gasteiger charge is -2.04. The average Bonchev–Trinajstić information content (AvgIpc) is 2.77. The number of benzene rings is 2. The molecule has 0 amide bonds. The maximum Gasteiger partial charge on any atom is 0.300 e. The minimum atomic E-state index is -0.743. The molecule has 0 aliphatic heterocycles. The van der Waals surface area contributed by atoms with Gasteiger partial charge in [0.25, 0.3) is 6.01 Å². The van der Waals surface area contributed by atoms with Crippen molar-refractivity contribution >= 4 is 44.4 Å². The van der Waals surface area contributed by atoms with Crippen molar-refractivity contribution in [3.05, 3.63) is 46.4 Å². The minimum Gasteiger partial charge on any atom is -0.423 e. The van der Waals surface area contributed by atoms with Crippen LogP contribution in [0.4, 0.5) is 26.2 Å². The van der Waals surface area contributed by atoms with Gasteiger partial charge >= 0.3 is 0 Å². The molecule has 2 aromatic carbocycles. The lowest BCUT2D eigenvalue weighted by molar-refractivity contribution is 0.578. The van der Waals surface area contributed by atoms with Crippen molar-refractivity contribution in [2.75, 3.05) is 11.1 Å². The van der Waals surface area contributed by atoms with Gasteiger partial charge in [0.05, 0.1) is 10.2 Å². The summed E-state index contributed by atoms with van der Waals surface area (Å²) in [5, 5.41) is 2.66. The Morgan fingerprint density at radius 2 is 1.95 bits per heavy atom. The maximum absolute atomic E-state index is 13.6. The number of hydrogen-bond acceptors (Lipinski definition) is 4. The van der Waals surface area contributed by atoms with Crippen LogP contribution in [0.15, 0.2) is 39.2 Å². The third-order valence-electron chi connectivity index (χ3n) is 2.66. The summed E-state index contributed by atoms with van der Waals surface area (Å²) in [6.07, 6.45) is 0. The number of oxazole rings is 1. The fraction of sp³-hybridized carbons (Fsp3) is 0. The highest BCUT2D eigenvalue weighted by atomic mass is 79.9. The Labute approximate surface area is 120 Å². The molecule has 0 spiro atoms. The monoisotopic (exact) mass is 339 g/mol. The Morgan fingerprint density at radius 3 is 2.75 bits per heavy atom. The predicted octanol–water partition coefficient (Wildman–Crippen LogP) is 4.19. The van der Waals surface area contributed by atoms with Gasteiger partial charge in [-0.1, -0.05) is 0 Å². The van der Waals surface area contributed by atoms with Gasteiger partial charge in [0.1, 0.15) is 17.2 Å². The molecule has 0 saturated heterocycles. The first-order chi connectivity index (χ1) is 9.52. The summed E-state index contributed by atoms with van der Waals surface area (Å²) in [5.74, 6) is -1.43. The van der Waals surface area contributed by atoms with Crippen molar-refractivity contribution in [2.45, 2.75) is 0 Å². The number of nitrogens with two attached hydrogens (primary N) is 1. The first-order valence-electron chi connectivity index (χ1n) is 5.60. The molecule has 20 heavy (non-hydrogen) atoms. The molecule has 0 aliphatic rings. The van der Waals surface area contributed by atoms with E-state index in [4.69, 9.17) is 10.2 Å². The first-order valence-corrected chi connectivity index (χ1v) is 6.40. The molecule has 0 atom stereocenters. The Hall–Kier alpha value is -2.15. The molecule has 0 unspecified atom stereocenters. The number of halogens is 3. The summed E-state index contributed by atoms with van der Waals surface area (Å²) in [7, 11) is 0. The number of fused-ring (bicyclic) bond motifs is 1. The highest BCUT2D eigenvalue weighted by molar-refractivity contribution is 9.10. The Bertz CT molecular complexity index is 804. The van der Waals surface area contributed by atoms with Gasteiger partial charge in [0.2, 0.25) is 0 Å². The van der Waals surface area contributed by atoms with Crippen LogP contribution in [-0.4, -0.2) is 4.98 Å². The molecule has 3 rings (SSSR count). The number of aromatic nitrogens is 1. The third-order valence-corrected chi connectivity index (χ3v) is 3.27. The fourth-order valence-corrected chi connectivity index (χ4v) is 2.07. The zero-order chi connectivity index (χ0) is 14.3. The molecule has 0 fully saturated rings. The normalized spacial score (nSPS) is 10.9. The Morgan fingerprint density at radius 1 is 1.15 bits per heavy atom. The van der Waals surface area contributed by atoms with Gasteiger partial charge < -0.3 is 15.5 Å². The van der Waals surface area contributed by atoms with Gasteiger partial charge in [0, 0.05) is 17.8 Å². The zero-order valence-electron chi connectivity index (χ0n) is 9.95. The number of nitrogens with zero attached hydrogens (tertiary/aromatic N) is 1. The standard InChI is InChI=1S/C13H8BrF2N3O/c14-7-4-11(9(16)5-8(7)15)19-13-18-10-2-1-6(17)3-12(10)20-13/h1-5H,17H2,(H,18,19). The van der Waals surface area contributed by atoms with Crippen LogP contribution in [0, 0.1) is 11.6 Å². The molecule has 0 saturated carbocycles. The largest absolute Gasteiger partial charge is 0.423 e. The molecule has 0 aliphatic carbocycles. The molecule has 1 aromatic heterocycles. The second-order valence-electron chi connectivity index (χ2n) is 4.12. The van der Waals surface area contributed by atoms with E-state index in [0.717, 1.165) is 6.07 Å². The number of rotatable bonds is 2. The summed E-state index contributed by atoms with van der Waals surface area (Å²) in [5.41, 5.74) is 7.29. The topological polar surface area (TPSA) is 64.1 Å². The van der Waals surface area contributed by atoms with E-state index in [1.165, 1.54) is 6.07 Å². The van der Waals surface area contributed by atoms with E-state index >= 15 is 0 Å². The third kappa shape index (κ3) is 2.32. The van der Waals surface area contributed by atoms with Crippen LogP contribution >= 0.6 is 15.9 Å². The van der Waals surface area contributed by atoms with Crippen LogP contribution in [0.3, 0.4) is 0 Å². The average molecular weight is 340 g/mol. The first kappa shape index (κ1) is 12.9. The number of hydrogen-bond donors (Lipinski definition) is 2. The summed E-state index contributed by atoms with van der Waals surface area (Å²) in [6, 6.07) is 7.13. The van der Waals surface area contributed by atoms with Crippen LogP contribution in [0.5, 0.6) is 0 Å². The van der Waals surface area contributed by atoms with Crippen LogP contribution in [0.25, 0.3) is 11.1 Å².